The van der Waals surface area contributed by atoms with Crippen molar-refractivity contribution in [2.24, 2.45) is 0 Å². The molecule has 0 bridgehead atoms. The fourth-order valence-corrected chi connectivity index (χ4v) is 1.45. The minimum atomic E-state index is -0.825. The van der Waals surface area contributed by atoms with Crippen LogP contribution in [0.3, 0.4) is 0 Å². The molecule has 1 heterocycles. The summed E-state index contributed by atoms with van der Waals surface area (Å²) in [5.41, 5.74) is 5.77. The van der Waals surface area contributed by atoms with Crippen molar-refractivity contribution in [1.29, 1.82) is 5.26 Å². The van der Waals surface area contributed by atoms with Crippen molar-refractivity contribution in [3.63, 3.8) is 0 Å². The lowest BCUT2D eigenvalue weighted by molar-refractivity contribution is 0.587. The monoisotopic (exact) mass is 249 g/mol. The van der Waals surface area contributed by atoms with Gasteiger partial charge in [-0.05, 0) is 12.1 Å². The van der Waals surface area contributed by atoms with Crippen molar-refractivity contribution in [2.75, 3.05) is 11.1 Å². The summed E-state index contributed by atoms with van der Waals surface area (Å²) < 4.78 is 27.0. The van der Waals surface area contributed by atoms with Gasteiger partial charge in [-0.3, -0.25) is 5.10 Å². The molecule has 0 spiro atoms. The van der Waals surface area contributed by atoms with Gasteiger partial charge in [-0.2, -0.15) is 10.4 Å². The summed E-state index contributed by atoms with van der Waals surface area (Å²) >= 11 is 0. The zero-order chi connectivity index (χ0) is 13.1. The number of nitrogens with two attached hydrogens (primary N) is 1. The van der Waals surface area contributed by atoms with Gasteiger partial charge in [0.05, 0.1) is 17.8 Å². The molecule has 0 radical (unpaired) electrons. The lowest BCUT2D eigenvalue weighted by Crippen LogP contribution is -2.05. The van der Waals surface area contributed by atoms with Gasteiger partial charge in [-0.1, -0.05) is 0 Å². The van der Waals surface area contributed by atoms with Crippen molar-refractivity contribution in [2.45, 2.75) is 6.54 Å². The van der Waals surface area contributed by atoms with E-state index in [-0.39, 0.29) is 17.8 Å². The highest BCUT2D eigenvalue weighted by molar-refractivity contribution is 5.51. The number of nitrogens with zero attached hydrogens (tertiary/aromatic N) is 2. The normalized spacial score (nSPS) is 10.1. The molecule has 2 aromatic rings. The molecule has 5 nitrogen and oxygen atoms in total. The number of rotatable bonds is 3. The van der Waals surface area contributed by atoms with Gasteiger partial charge in [0.25, 0.3) is 0 Å². The van der Waals surface area contributed by atoms with Crippen molar-refractivity contribution in [3.05, 3.63) is 41.1 Å². The third-order valence-corrected chi connectivity index (χ3v) is 2.38. The molecule has 92 valence electrons. The number of nitrogen functional groups attached to an aromatic ring is 1. The molecule has 18 heavy (non-hydrogen) atoms. The Bertz CT molecular complexity index is 591. The van der Waals surface area contributed by atoms with Gasteiger partial charge in [-0.25, -0.2) is 8.78 Å². The van der Waals surface area contributed by atoms with E-state index in [0.717, 1.165) is 12.1 Å². The van der Waals surface area contributed by atoms with E-state index in [0.29, 0.717) is 11.4 Å². The average molecular weight is 249 g/mol. The number of aromatic amines is 1. The number of hydrogen-bond donors (Lipinski definition) is 3. The SMILES string of the molecule is N#Cc1cc(F)c(NCc2cn[nH]c2N)c(F)c1. The summed E-state index contributed by atoms with van der Waals surface area (Å²) in [6.07, 6.45) is 1.46. The first-order chi connectivity index (χ1) is 8.61. The van der Waals surface area contributed by atoms with Crippen molar-refractivity contribution >= 4 is 11.5 Å². The first-order valence-corrected chi connectivity index (χ1v) is 5.02. The molecule has 0 unspecified atom stereocenters. The standard InChI is InChI=1S/C11H9F2N5/c12-8-1-6(3-14)2-9(13)10(8)16-4-7-5-17-18-11(7)15/h1-2,5,16H,4H2,(H3,15,17,18). The molecule has 0 saturated heterocycles. The van der Waals surface area contributed by atoms with Gasteiger partial charge in [0.15, 0.2) is 11.6 Å². The van der Waals surface area contributed by atoms with Crippen LogP contribution in [0.5, 0.6) is 0 Å². The molecule has 0 atom stereocenters. The fourth-order valence-electron chi connectivity index (χ4n) is 1.45. The number of anilines is 2. The van der Waals surface area contributed by atoms with Gasteiger partial charge in [-0.15, -0.1) is 0 Å². The predicted molar refractivity (Wildman–Crippen MR) is 61.4 cm³/mol. The molecule has 0 aliphatic heterocycles. The summed E-state index contributed by atoms with van der Waals surface area (Å²) in [5.74, 6) is -1.32. The fraction of sp³-hybridized carbons (Fsp3) is 0.0909. The third-order valence-electron chi connectivity index (χ3n) is 2.38. The predicted octanol–water partition coefficient (Wildman–Crippen LogP) is 1.75. The number of hydrogen-bond acceptors (Lipinski definition) is 4. The molecule has 0 amide bonds. The van der Waals surface area contributed by atoms with E-state index in [9.17, 15) is 8.78 Å². The number of aromatic nitrogens is 2. The number of halogens is 2. The van der Waals surface area contributed by atoms with Crippen LogP contribution in [-0.4, -0.2) is 10.2 Å². The lowest BCUT2D eigenvalue weighted by atomic mass is 10.2. The molecule has 0 aliphatic rings. The minimum Gasteiger partial charge on any atom is -0.384 e. The van der Waals surface area contributed by atoms with Crippen molar-refractivity contribution < 1.29 is 8.78 Å². The van der Waals surface area contributed by atoms with Gasteiger partial charge >= 0.3 is 0 Å². The minimum absolute atomic E-state index is 0.0709. The summed E-state index contributed by atoms with van der Waals surface area (Å²) in [5, 5.41) is 17.3. The Labute approximate surface area is 101 Å². The third kappa shape index (κ3) is 2.22. The number of H-pyrrole nitrogens is 1. The first kappa shape index (κ1) is 11.9. The molecular weight excluding hydrogens is 240 g/mol. The molecule has 0 aliphatic carbocycles. The Morgan fingerprint density at radius 1 is 1.39 bits per heavy atom. The van der Waals surface area contributed by atoms with Crippen molar-refractivity contribution in [1.82, 2.24) is 10.2 Å². The summed E-state index contributed by atoms with van der Waals surface area (Å²) in [4.78, 5) is 0. The molecule has 0 fully saturated rings. The molecule has 1 aromatic heterocycles. The Morgan fingerprint density at radius 2 is 2.06 bits per heavy atom. The molecule has 7 heteroatoms. The summed E-state index contributed by atoms with van der Waals surface area (Å²) in [6, 6.07) is 3.60. The quantitative estimate of drug-likeness (QED) is 0.772. The molecule has 2 rings (SSSR count). The second-order valence-corrected chi connectivity index (χ2v) is 3.59. The smallest absolute Gasteiger partial charge is 0.150 e. The second-order valence-electron chi connectivity index (χ2n) is 3.59. The first-order valence-electron chi connectivity index (χ1n) is 5.02. The van der Waals surface area contributed by atoms with Crippen LogP contribution < -0.4 is 11.1 Å². The second kappa shape index (κ2) is 4.71. The molecule has 0 saturated carbocycles. The van der Waals surface area contributed by atoms with E-state index in [1.807, 2.05) is 0 Å². The van der Waals surface area contributed by atoms with Crippen LogP contribution in [0, 0.1) is 23.0 Å². The Morgan fingerprint density at radius 3 is 2.56 bits per heavy atom. The zero-order valence-electron chi connectivity index (χ0n) is 9.17. The topological polar surface area (TPSA) is 90.5 Å². The number of nitriles is 1. The van der Waals surface area contributed by atoms with Crippen LogP contribution in [-0.2, 0) is 6.54 Å². The van der Waals surface area contributed by atoms with Crippen LogP contribution in [0.25, 0.3) is 0 Å². The van der Waals surface area contributed by atoms with Crippen LogP contribution >= 0.6 is 0 Å². The van der Waals surface area contributed by atoms with Gasteiger partial charge in [0.1, 0.15) is 11.5 Å². The van der Waals surface area contributed by atoms with Crippen LogP contribution in [0.4, 0.5) is 20.3 Å². The van der Waals surface area contributed by atoms with Crippen LogP contribution in [0.2, 0.25) is 0 Å². The van der Waals surface area contributed by atoms with Gasteiger partial charge in [0.2, 0.25) is 0 Å². The highest BCUT2D eigenvalue weighted by Gasteiger charge is 2.11. The summed E-state index contributed by atoms with van der Waals surface area (Å²) in [7, 11) is 0. The molecule has 4 N–H and O–H groups in total. The highest BCUT2D eigenvalue weighted by Crippen LogP contribution is 2.21. The Balaban J connectivity index is 2.20. The largest absolute Gasteiger partial charge is 0.384 e. The Kier molecular flexibility index (Phi) is 3.10. The van der Waals surface area contributed by atoms with Gasteiger partial charge in [0, 0.05) is 12.1 Å². The molecule has 1 aromatic carbocycles. The lowest BCUT2D eigenvalue weighted by Gasteiger charge is -2.08. The van der Waals surface area contributed by atoms with E-state index in [1.165, 1.54) is 6.20 Å². The Hall–Kier alpha value is -2.62. The van der Waals surface area contributed by atoms with E-state index in [2.05, 4.69) is 15.5 Å². The zero-order valence-corrected chi connectivity index (χ0v) is 9.17. The number of benzene rings is 1. The van der Waals surface area contributed by atoms with Crippen LogP contribution in [0.1, 0.15) is 11.1 Å². The maximum Gasteiger partial charge on any atom is 0.150 e. The van der Waals surface area contributed by atoms with E-state index < -0.39 is 11.6 Å². The summed E-state index contributed by atoms with van der Waals surface area (Å²) in [6.45, 7) is 0.127. The maximum absolute atomic E-state index is 13.5. The van der Waals surface area contributed by atoms with Crippen LogP contribution in [0.15, 0.2) is 18.3 Å². The number of nitrogens with one attached hydrogen (secondary N) is 2. The van der Waals surface area contributed by atoms with E-state index in [1.54, 1.807) is 6.07 Å². The maximum atomic E-state index is 13.5. The van der Waals surface area contributed by atoms with Crippen molar-refractivity contribution in [3.8, 4) is 6.07 Å². The van der Waals surface area contributed by atoms with E-state index >= 15 is 0 Å². The molecular formula is C11H9F2N5. The highest BCUT2D eigenvalue weighted by atomic mass is 19.1. The van der Waals surface area contributed by atoms with Gasteiger partial charge < -0.3 is 11.1 Å². The van der Waals surface area contributed by atoms with E-state index in [4.69, 9.17) is 11.0 Å². The average Bonchev–Trinajstić information content (AvgIpc) is 2.73.